The Labute approximate surface area is 243 Å². The number of benzene rings is 2. The quantitative estimate of drug-likeness (QED) is 0.228. The summed E-state index contributed by atoms with van der Waals surface area (Å²) >= 11 is 0. The molecule has 4 rings (SSSR count). The summed E-state index contributed by atoms with van der Waals surface area (Å²) in [5, 5.41) is 2.96. The number of piperidine rings is 1. The predicted octanol–water partition coefficient (Wildman–Crippen LogP) is 4.78. The fraction of sp³-hybridized carbons (Fsp3) is 0.406. The lowest BCUT2D eigenvalue weighted by Crippen LogP contribution is -2.68. The highest BCUT2D eigenvalue weighted by atomic mass is 19.4. The number of nitrogens with one attached hydrogen (secondary N) is 1. The number of amides is 1. The van der Waals surface area contributed by atoms with Crippen molar-refractivity contribution in [2.75, 3.05) is 19.6 Å². The van der Waals surface area contributed by atoms with Gasteiger partial charge in [0.2, 0.25) is 0 Å². The lowest BCUT2D eigenvalue weighted by Gasteiger charge is -2.59. The third kappa shape index (κ3) is 6.85. The number of likely N-dealkylation sites (tertiary alicyclic amines) is 1. The van der Waals surface area contributed by atoms with Crippen LogP contribution in [-0.2, 0) is 30.7 Å². The molecule has 1 N–H and O–H groups in total. The molecule has 3 atom stereocenters. The minimum absolute atomic E-state index is 0.281. The van der Waals surface area contributed by atoms with Gasteiger partial charge in [0.15, 0.2) is 0 Å². The molecule has 1 amide bonds. The first kappa shape index (κ1) is 30.8. The van der Waals surface area contributed by atoms with Crippen LogP contribution < -0.4 is 10.1 Å². The molecule has 2 aromatic carbocycles. The van der Waals surface area contributed by atoms with Gasteiger partial charge in [-0.25, -0.2) is 0 Å². The number of nitrogens with zero attached hydrogens (tertiary/aromatic N) is 1. The van der Waals surface area contributed by atoms with Gasteiger partial charge in [0.05, 0.1) is 5.56 Å². The van der Waals surface area contributed by atoms with E-state index in [0.29, 0.717) is 51.1 Å². The van der Waals surface area contributed by atoms with Crippen LogP contribution in [0.25, 0.3) is 0 Å². The van der Waals surface area contributed by atoms with Crippen LogP contribution in [-0.4, -0.2) is 54.0 Å². The van der Waals surface area contributed by atoms with E-state index in [1.165, 1.54) is 26.0 Å². The van der Waals surface area contributed by atoms with Gasteiger partial charge in [-0.1, -0.05) is 24.1 Å². The number of hydrogen-bond acceptors (Lipinski definition) is 6. The molecule has 0 aromatic heterocycles. The summed E-state index contributed by atoms with van der Waals surface area (Å²) in [6, 6.07) is 11.1. The van der Waals surface area contributed by atoms with Crippen LogP contribution in [0.15, 0.2) is 61.2 Å². The molecule has 1 heterocycles. The van der Waals surface area contributed by atoms with Crippen LogP contribution in [0.2, 0.25) is 0 Å². The maximum absolute atomic E-state index is 12.9. The highest BCUT2D eigenvalue weighted by Crippen LogP contribution is 2.54. The van der Waals surface area contributed by atoms with E-state index in [-0.39, 0.29) is 11.6 Å². The Kier molecular flexibility index (Phi) is 9.12. The number of carbonyl (C=O) groups is 3. The molecule has 2 fully saturated rings. The highest BCUT2D eigenvalue weighted by Gasteiger charge is 2.60. The summed E-state index contributed by atoms with van der Waals surface area (Å²) in [5.74, 6) is 4.04. The van der Waals surface area contributed by atoms with E-state index in [0.717, 1.165) is 17.7 Å². The largest absolute Gasteiger partial charge is 0.457 e. The zero-order valence-electron chi connectivity index (χ0n) is 23.6. The number of hydrogen-bond donors (Lipinski definition) is 1. The Balaban J connectivity index is 1.64. The van der Waals surface area contributed by atoms with Crippen molar-refractivity contribution >= 4 is 17.8 Å². The van der Waals surface area contributed by atoms with Crippen molar-refractivity contribution in [2.45, 2.75) is 62.8 Å². The second-order valence-electron chi connectivity index (χ2n) is 10.8. The third-order valence-corrected chi connectivity index (χ3v) is 7.94. The SMILES string of the molecule is C=CCN1CC[C@@]2(c3cccc(OC(C)=O)c3)C[C@@H](NC(=O)C#Cc3ccc(C(F)(F)F)cc3)CC[C@]2(OC(C)=O)C1. The highest BCUT2D eigenvalue weighted by molar-refractivity contribution is 5.94. The van der Waals surface area contributed by atoms with E-state index in [2.05, 4.69) is 28.6 Å². The fourth-order valence-electron chi connectivity index (χ4n) is 6.26. The first-order valence-electron chi connectivity index (χ1n) is 13.7. The smallest absolute Gasteiger partial charge is 0.416 e. The second kappa shape index (κ2) is 12.4. The molecule has 1 saturated heterocycles. The van der Waals surface area contributed by atoms with E-state index < -0.39 is 40.6 Å². The number of rotatable bonds is 6. The molecule has 0 radical (unpaired) electrons. The standard InChI is InChI=1S/C32H33F3N2O5/c1-4-17-37-18-16-30(26-6-5-7-28(19-26)41-22(2)38)20-27(14-15-31(30,21-37)42-23(3)39)36-29(40)13-10-24-8-11-25(12-9-24)32(33,34)35/h4-9,11-12,19,27H,1,14-18,20-21H2,2-3H3,(H,36,40)/t27-,30-,31-/m0/s1. The van der Waals surface area contributed by atoms with Crippen LogP contribution in [0.4, 0.5) is 13.2 Å². The van der Waals surface area contributed by atoms with Gasteiger partial charge in [-0.15, -0.1) is 6.58 Å². The van der Waals surface area contributed by atoms with Crippen molar-refractivity contribution < 1.29 is 37.0 Å². The van der Waals surface area contributed by atoms with Crippen LogP contribution in [0.1, 0.15) is 56.2 Å². The molecular formula is C32H33F3N2O5. The van der Waals surface area contributed by atoms with Crippen LogP contribution in [0, 0.1) is 11.8 Å². The van der Waals surface area contributed by atoms with Gasteiger partial charge in [-0.3, -0.25) is 19.3 Å². The summed E-state index contributed by atoms with van der Waals surface area (Å²) in [6.07, 6.45) is -0.664. The molecule has 0 spiro atoms. The van der Waals surface area contributed by atoms with Crippen molar-refractivity contribution in [3.05, 3.63) is 77.9 Å². The van der Waals surface area contributed by atoms with Crippen molar-refractivity contribution in [1.82, 2.24) is 10.2 Å². The molecule has 1 aliphatic heterocycles. The van der Waals surface area contributed by atoms with Gasteiger partial charge in [0.25, 0.3) is 5.91 Å². The number of fused-ring (bicyclic) bond motifs is 1. The Hall–Kier alpha value is -4.10. The summed E-state index contributed by atoms with van der Waals surface area (Å²) < 4.78 is 50.1. The minimum atomic E-state index is -4.46. The molecule has 0 bridgehead atoms. The summed E-state index contributed by atoms with van der Waals surface area (Å²) in [7, 11) is 0. The van der Waals surface area contributed by atoms with E-state index in [4.69, 9.17) is 9.47 Å². The van der Waals surface area contributed by atoms with Crippen molar-refractivity contribution in [3.63, 3.8) is 0 Å². The zero-order chi connectivity index (χ0) is 30.5. The molecule has 42 heavy (non-hydrogen) atoms. The maximum Gasteiger partial charge on any atom is 0.416 e. The number of esters is 2. The Morgan fingerprint density at radius 1 is 1.12 bits per heavy atom. The first-order chi connectivity index (χ1) is 19.9. The van der Waals surface area contributed by atoms with Crippen molar-refractivity contribution in [1.29, 1.82) is 0 Å². The summed E-state index contributed by atoms with van der Waals surface area (Å²) in [4.78, 5) is 39.2. The number of ether oxygens (including phenoxy) is 2. The molecule has 1 saturated carbocycles. The van der Waals surface area contributed by atoms with Crippen LogP contribution >= 0.6 is 0 Å². The Morgan fingerprint density at radius 2 is 1.86 bits per heavy atom. The maximum atomic E-state index is 12.9. The van der Waals surface area contributed by atoms with Crippen LogP contribution in [0.5, 0.6) is 5.75 Å². The normalized spacial score (nSPS) is 23.9. The predicted molar refractivity (Wildman–Crippen MR) is 149 cm³/mol. The van der Waals surface area contributed by atoms with Crippen molar-refractivity contribution in [2.24, 2.45) is 0 Å². The molecule has 2 aromatic rings. The van der Waals surface area contributed by atoms with Gasteiger partial charge in [-0.05, 0) is 74.2 Å². The minimum Gasteiger partial charge on any atom is -0.457 e. The first-order valence-corrected chi connectivity index (χ1v) is 13.7. The fourth-order valence-corrected chi connectivity index (χ4v) is 6.26. The van der Waals surface area contributed by atoms with E-state index >= 15 is 0 Å². The molecule has 2 aliphatic rings. The molecule has 0 unspecified atom stereocenters. The Morgan fingerprint density at radius 3 is 2.50 bits per heavy atom. The van der Waals surface area contributed by atoms with Crippen LogP contribution in [0.3, 0.4) is 0 Å². The van der Waals surface area contributed by atoms with Crippen molar-refractivity contribution in [3.8, 4) is 17.6 Å². The lowest BCUT2D eigenvalue weighted by molar-refractivity contribution is -0.186. The van der Waals surface area contributed by atoms with Gasteiger partial charge in [-0.2, -0.15) is 13.2 Å². The van der Waals surface area contributed by atoms with Gasteiger partial charge >= 0.3 is 18.1 Å². The molecule has 7 nitrogen and oxygen atoms in total. The molecule has 1 aliphatic carbocycles. The monoisotopic (exact) mass is 582 g/mol. The van der Waals surface area contributed by atoms with Gasteiger partial charge < -0.3 is 14.8 Å². The summed E-state index contributed by atoms with van der Waals surface area (Å²) in [6.45, 7) is 8.31. The number of carbonyl (C=O) groups excluding carboxylic acids is 3. The average Bonchev–Trinajstić information content (AvgIpc) is 2.91. The van der Waals surface area contributed by atoms with E-state index in [1.807, 2.05) is 6.07 Å². The number of alkyl halides is 3. The molecular weight excluding hydrogens is 549 g/mol. The molecule has 10 heteroatoms. The lowest BCUT2D eigenvalue weighted by atomic mass is 9.55. The Bertz CT molecular complexity index is 1410. The average molecular weight is 583 g/mol. The van der Waals surface area contributed by atoms with Gasteiger partial charge in [0, 0.05) is 49.9 Å². The number of halogens is 3. The topological polar surface area (TPSA) is 84.9 Å². The van der Waals surface area contributed by atoms with E-state index in [9.17, 15) is 27.6 Å². The molecule has 222 valence electrons. The van der Waals surface area contributed by atoms with E-state index in [1.54, 1.807) is 24.3 Å². The second-order valence-corrected chi connectivity index (χ2v) is 10.8. The summed E-state index contributed by atoms with van der Waals surface area (Å²) in [5.41, 5.74) is -1.32. The zero-order valence-corrected chi connectivity index (χ0v) is 23.6. The van der Waals surface area contributed by atoms with Gasteiger partial charge in [0.1, 0.15) is 11.4 Å². The third-order valence-electron chi connectivity index (χ3n) is 7.94.